The second-order valence-electron chi connectivity index (χ2n) is 9.79. The van der Waals surface area contributed by atoms with Crippen LogP contribution in [0.5, 0.6) is 0 Å². The van der Waals surface area contributed by atoms with E-state index in [1.807, 2.05) is 24.3 Å². The van der Waals surface area contributed by atoms with E-state index in [0.29, 0.717) is 29.0 Å². The topological polar surface area (TPSA) is 64.0 Å². The maximum absolute atomic E-state index is 13.8. The van der Waals surface area contributed by atoms with Crippen LogP contribution in [0.25, 0.3) is 16.6 Å². The Morgan fingerprint density at radius 3 is 2.55 bits per heavy atom. The number of ether oxygens (including phenoxy) is 1. The number of rotatable bonds is 6. The van der Waals surface area contributed by atoms with Crippen molar-refractivity contribution in [1.29, 1.82) is 5.41 Å². The maximum Gasteiger partial charge on any atom is 0.123 e. The largest absolute Gasteiger partial charge is 0.398 e. The van der Waals surface area contributed by atoms with Gasteiger partial charge in [-0.2, -0.15) is 0 Å². The molecule has 4 nitrogen and oxygen atoms in total. The summed E-state index contributed by atoms with van der Waals surface area (Å²) in [5.41, 5.74) is 13.6. The third-order valence-electron chi connectivity index (χ3n) is 7.59. The first-order valence-electron chi connectivity index (χ1n) is 11.9. The Balaban J connectivity index is 1.71. The highest BCUT2D eigenvalue weighted by atomic mass is 19.1. The van der Waals surface area contributed by atoms with E-state index in [1.54, 1.807) is 0 Å². The van der Waals surface area contributed by atoms with Gasteiger partial charge in [0.25, 0.3) is 0 Å². The number of nitrogen functional groups attached to an aromatic ring is 1. The van der Waals surface area contributed by atoms with E-state index in [4.69, 9.17) is 15.9 Å². The summed E-state index contributed by atoms with van der Waals surface area (Å²) >= 11 is 0. The number of nitrogens with one attached hydrogen (secondary N) is 1. The average Bonchev–Trinajstić information content (AvgIpc) is 3.09. The van der Waals surface area contributed by atoms with Gasteiger partial charge in [0.1, 0.15) is 5.82 Å². The molecule has 172 valence electrons. The normalized spacial score (nSPS) is 21.2. The zero-order valence-corrected chi connectivity index (χ0v) is 19.2. The van der Waals surface area contributed by atoms with Gasteiger partial charge in [0.2, 0.25) is 0 Å². The second kappa shape index (κ2) is 8.79. The molecule has 0 unspecified atom stereocenters. The number of nitrogens with two attached hydrogens (primary N) is 1. The number of aromatic nitrogens is 1. The van der Waals surface area contributed by atoms with Gasteiger partial charge in [-0.05, 0) is 92.8 Å². The highest BCUT2D eigenvalue weighted by Gasteiger charge is 2.33. The van der Waals surface area contributed by atoms with Crippen LogP contribution in [0.1, 0.15) is 55.3 Å². The lowest BCUT2D eigenvalue weighted by atomic mass is 9.69. The van der Waals surface area contributed by atoms with Crippen molar-refractivity contribution >= 4 is 22.8 Å². The molecule has 3 N–H and O–H groups in total. The number of anilines is 1. The molecule has 0 bridgehead atoms. The summed E-state index contributed by atoms with van der Waals surface area (Å²) < 4.78 is 21.8. The molecule has 3 aromatic rings. The molecular formula is C28H32FN3O. The summed E-state index contributed by atoms with van der Waals surface area (Å²) in [6, 6.07) is 10.8. The van der Waals surface area contributed by atoms with Gasteiger partial charge < -0.3 is 20.4 Å². The van der Waals surface area contributed by atoms with Crippen LogP contribution in [-0.4, -0.2) is 24.0 Å². The fourth-order valence-electron chi connectivity index (χ4n) is 5.65. The molecule has 0 spiro atoms. The minimum atomic E-state index is -0.243. The highest BCUT2D eigenvalue weighted by Crippen LogP contribution is 2.45. The van der Waals surface area contributed by atoms with E-state index in [0.717, 1.165) is 49.1 Å². The Morgan fingerprint density at radius 2 is 1.91 bits per heavy atom. The molecule has 2 fully saturated rings. The van der Waals surface area contributed by atoms with Crippen molar-refractivity contribution in [2.24, 2.45) is 11.8 Å². The molecule has 1 saturated heterocycles. The molecule has 0 radical (unpaired) electrons. The van der Waals surface area contributed by atoms with Crippen LogP contribution in [0.3, 0.4) is 0 Å². The van der Waals surface area contributed by atoms with Crippen molar-refractivity contribution < 1.29 is 9.13 Å². The van der Waals surface area contributed by atoms with Crippen LogP contribution < -0.4 is 5.73 Å². The van der Waals surface area contributed by atoms with E-state index < -0.39 is 0 Å². The van der Waals surface area contributed by atoms with Crippen LogP contribution in [0.15, 0.2) is 48.6 Å². The zero-order chi connectivity index (χ0) is 23.1. The first-order chi connectivity index (χ1) is 16.0. The van der Waals surface area contributed by atoms with Crippen LogP contribution in [0, 0.1) is 23.1 Å². The molecule has 5 heteroatoms. The van der Waals surface area contributed by atoms with Gasteiger partial charge in [-0.1, -0.05) is 12.2 Å². The van der Waals surface area contributed by atoms with Gasteiger partial charge in [-0.3, -0.25) is 0 Å². The minimum Gasteiger partial charge on any atom is -0.398 e. The lowest BCUT2D eigenvalue weighted by Gasteiger charge is -2.36. The molecule has 5 rings (SSSR count). The third kappa shape index (κ3) is 3.99. The van der Waals surface area contributed by atoms with Crippen molar-refractivity contribution in [3.8, 4) is 5.69 Å². The Hall–Kier alpha value is -2.92. The summed E-state index contributed by atoms with van der Waals surface area (Å²) in [5, 5.41) is 9.00. The van der Waals surface area contributed by atoms with Crippen LogP contribution in [0.4, 0.5) is 10.1 Å². The van der Waals surface area contributed by atoms with Crippen molar-refractivity contribution in [3.63, 3.8) is 0 Å². The number of nitrogens with zero attached hydrogens (tertiary/aromatic N) is 1. The van der Waals surface area contributed by atoms with E-state index in [2.05, 4.69) is 18.1 Å². The predicted molar refractivity (Wildman–Crippen MR) is 133 cm³/mol. The monoisotopic (exact) mass is 445 g/mol. The minimum absolute atomic E-state index is 0.243. The fourth-order valence-corrected chi connectivity index (χ4v) is 5.65. The Morgan fingerprint density at radius 1 is 1.21 bits per heavy atom. The SMILES string of the molecule is C=C(C)C1CC(Cc2c(C3CCOCC3)n(-c3ccc(F)cc3)c3cc(C=N)c(N)cc23)C1. The smallest absolute Gasteiger partial charge is 0.123 e. The summed E-state index contributed by atoms with van der Waals surface area (Å²) in [6.07, 6.45) is 6.62. The predicted octanol–water partition coefficient (Wildman–Crippen LogP) is 6.39. The highest BCUT2D eigenvalue weighted by molar-refractivity contribution is 5.97. The molecule has 2 heterocycles. The molecule has 1 aliphatic carbocycles. The number of benzene rings is 2. The van der Waals surface area contributed by atoms with E-state index >= 15 is 0 Å². The van der Waals surface area contributed by atoms with Gasteiger partial charge in [0.15, 0.2) is 0 Å². The quantitative estimate of drug-likeness (QED) is 0.262. The number of fused-ring (bicyclic) bond motifs is 1. The Labute approximate surface area is 194 Å². The van der Waals surface area contributed by atoms with Crippen molar-refractivity contribution in [2.75, 3.05) is 18.9 Å². The molecule has 2 aliphatic rings. The first-order valence-corrected chi connectivity index (χ1v) is 11.9. The van der Waals surface area contributed by atoms with Crippen LogP contribution in [0.2, 0.25) is 0 Å². The van der Waals surface area contributed by atoms with E-state index in [-0.39, 0.29) is 5.82 Å². The van der Waals surface area contributed by atoms with Crippen molar-refractivity contribution in [2.45, 2.75) is 44.9 Å². The Bertz CT molecular complexity index is 1200. The van der Waals surface area contributed by atoms with Crippen LogP contribution in [-0.2, 0) is 11.2 Å². The lowest BCUT2D eigenvalue weighted by molar-refractivity contribution is 0.0839. The number of halogens is 1. The molecule has 2 aromatic carbocycles. The zero-order valence-electron chi connectivity index (χ0n) is 19.2. The Kier molecular flexibility index (Phi) is 5.83. The van der Waals surface area contributed by atoms with Crippen LogP contribution >= 0.6 is 0 Å². The van der Waals surface area contributed by atoms with Gasteiger partial charge in [0.05, 0.1) is 5.52 Å². The summed E-state index contributed by atoms with van der Waals surface area (Å²) in [4.78, 5) is 0. The van der Waals surface area contributed by atoms with Crippen molar-refractivity contribution in [1.82, 2.24) is 4.57 Å². The average molecular weight is 446 g/mol. The molecule has 1 aromatic heterocycles. The maximum atomic E-state index is 13.8. The third-order valence-corrected chi connectivity index (χ3v) is 7.59. The van der Waals surface area contributed by atoms with Gasteiger partial charge in [-0.25, -0.2) is 4.39 Å². The van der Waals surface area contributed by atoms with Gasteiger partial charge in [-0.15, -0.1) is 0 Å². The number of hydrogen-bond acceptors (Lipinski definition) is 3. The molecular weight excluding hydrogens is 413 g/mol. The van der Waals surface area contributed by atoms with Gasteiger partial charge >= 0.3 is 0 Å². The van der Waals surface area contributed by atoms with Gasteiger partial charge in [0, 0.05) is 53.4 Å². The number of allylic oxidation sites excluding steroid dienone is 1. The molecule has 0 atom stereocenters. The molecule has 1 aliphatic heterocycles. The molecule has 33 heavy (non-hydrogen) atoms. The van der Waals surface area contributed by atoms with Crippen molar-refractivity contribution in [3.05, 3.63) is 71.2 Å². The standard InChI is InChI=1S/C28H32FN3O/c1-17(2)20-11-18(12-20)13-25-24-15-26(31)21(16-30)14-27(24)32(23-5-3-22(29)4-6-23)28(25)19-7-9-33-10-8-19/h3-6,14-16,18-20,30H,1,7-13,31H2,2H3. The fraction of sp³-hybridized carbons (Fsp3) is 0.393. The second-order valence-corrected chi connectivity index (χ2v) is 9.79. The molecule has 1 saturated carbocycles. The summed E-state index contributed by atoms with van der Waals surface area (Å²) in [7, 11) is 0. The van der Waals surface area contributed by atoms with E-state index in [9.17, 15) is 4.39 Å². The first kappa shape index (κ1) is 21.9. The summed E-state index contributed by atoms with van der Waals surface area (Å²) in [6.45, 7) is 7.80. The number of hydrogen-bond donors (Lipinski definition) is 2. The van der Waals surface area contributed by atoms with E-state index in [1.165, 1.54) is 48.0 Å². The summed E-state index contributed by atoms with van der Waals surface area (Å²) in [5.74, 6) is 1.38. The lowest BCUT2D eigenvalue weighted by Crippen LogP contribution is -2.27. The molecule has 0 amide bonds.